The molecule has 2 atom stereocenters. The van der Waals surface area contributed by atoms with Crippen LogP contribution >= 0.6 is 0 Å². The van der Waals surface area contributed by atoms with E-state index in [4.69, 9.17) is 4.74 Å². The van der Waals surface area contributed by atoms with Gasteiger partial charge in [0.15, 0.2) is 5.43 Å². The predicted molar refractivity (Wildman–Crippen MR) is 109 cm³/mol. The highest BCUT2D eigenvalue weighted by Crippen LogP contribution is 2.50. The third kappa shape index (κ3) is 4.11. The van der Waals surface area contributed by atoms with Crippen molar-refractivity contribution in [2.75, 3.05) is 5.01 Å². The fourth-order valence-corrected chi connectivity index (χ4v) is 5.00. The van der Waals surface area contributed by atoms with Crippen LogP contribution in [0.1, 0.15) is 42.2 Å². The van der Waals surface area contributed by atoms with Crippen molar-refractivity contribution in [2.45, 2.75) is 50.1 Å². The Morgan fingerprint density at radius 3 is 2.46 bits per heavy atom. The second-order valence-electron chi connectivity index (χ2n) is 8.56. The Hall–Kier alpha value is -3.20. The van der Waals surface area contributed by atoms with E-state index in [0.717, 1.165) is 30.5 Å². The van der Waals surface area contributed by atoms with Crippen molar-refractivity contribution in [3.05, 3.63) is 51.8 Å². The van der Waals surface area contributed by atoms with Crippen LogP contribution in [0.5, 0.6) is 5.75 Å². The number of carboxylic acids is 1. The van der Waals surface area contributed by atoms with Gasteiger partial charge in [0.05, 0.1) is 23.4 Å². The van der Waals surface area contributed by atoms with Crippen LogP contribution in [0, 0.1) is 0 Å². The number of alkyl halides is 5. The largest absolute Gasteiger partial charge is 0.534 e. The van der Waals surface area contributed by atoms with Gasteiger partial charge in [-0.1, -0.05) is 0 Å². The number of carboxylic acid groups (broad SMARTS) is 1. The Labute approximate surface area is 194 Å². The molecule has 1 saturated heterocycles. The van der Waals surface area contributed by atoms with Gasteiger partial charge in [-0.05, 0) is 37.6 Å². The van der Waals surface area contributed by atoms with Gasteiger partial charge in [-0.2, -0.15) is 30.4 Å². The first-order chi connectivity index (χ1) is 16.0. The lowest BCUT2D eigenvalue weighted by atomic mass is 9.92. The van der Waals surface area contributed by atoms with Crippen LogP contribution in [0.4, 0.5) is 22.0 Å². The SMILES string of the molecule is CC1(C)CC(OC(F)F)C2c3cc(OS(=O)(=O)C(F)(F)F)ccc3-c3cc(=O)c(C(=O)O)cn3N21. The number of halogens is 5. The summed E-state index contributed by atoms with van der Waals surface area (Å²) in [4.78, 5) is 24.0. The minimum absolute atomic E-state index is 0.0264. The van der Waals surface area contributed by atoms with Crippen LogP contribution in [0.15, 0.2) is 35.3 Å². The average molecular weight is 524 g/mol. The Morgan fingerprint density at radius 1 is 1.23 bits per heavy atom. The molecule has 190 valence electrons. The summed E-state index contributed by atoms with van der Waals surface area (Å²) in [6, 6.07) is 2.87. The van der Waals surface area contributed by atoms with Crippen molar-refractivity contribution in [3.8, 4) is 17.0 Å². The number of carbonyl (C=O) groups is 1. The van der Waals surface area contributed by atoms with Crippen molar-refractivity contribution in [3.63, 3.8) is 0 Å². The van der Waals surface area contributed by atoms with Crippen molar-refractivity contribution < 1.29 is 49.2 Å². The van der Waals surface area contributed by atoms with E-state index in [9.17, 15) is 45.1 Å². The highest BCUT2D eigenvalue weighted by molar-refractivity contribution is 7.88. The fraction of sp³-hybridized carbons (Fsp3) is 0.400. The first-order valence-electron chi connectivity index (χ1n) is 9.92. The Morgan fingerprint density at radius 2 is 1.89 bits per heavy atom. The highest BCUT2D eigenvalue weighted by atomic mass is 32.2. The van der Waals surface area contributed by atoms with Gasteiger partial charge in [0.2, 0.25) is 0 Å². The maximum Gasteiger partial charge on any atom is 0.534 e. The van der Waals surface area contributed by atoms with Crippen LogP contribution in [0.25, 0.3) is 11.3 Å². The molecule has 15 heteroatoms. The Bertz CT molecular complexity index is 1370. The van der Waals surface area contributed by atoms with E-state index in [1.807, 2.05) is 0 Å². The number of hydrogen-bond donors (Lipinski definition) is 1. The zero-order chi connectivity index (χ0) is 26.1. The van der Waals surface area contributed by atoms with Gasteiger partial charge in [-0.25, -0.2) is 4.79 Å². The van der Waals surface area contributed by atoms with Gasteiger partial charge in [0.1, 0.15) is 11.3 Å². The van der Waals surface area contributed by atoms with E-state index >= 15 is 0 Å². The standard InChI is InChI=1S/C20H17F5N2O7S/c1-19(2)7-15(33-18(21)22)16-11-5-9(34-35(31,32)20(23,24)25)3-4-10(11)13-6-14(28)12(17(29)30)8-26(13)27(16)19/h3-6,8,15-16,18H,7H2,1-2H3,(H,29,30). The number of pyridine rings is 1. The molecule has 2 aromatic rings. The molecule has 4 rings (SSSR count). The lowest BCUT2D eigenvalue weighted by Gasteiger charge is -2.44. The molecular formula is C20H17F5N2O7S. The summed E-state index contributed by atoms with van der Waals surface area (Å²) >= 11 is 0. The molecule has 1 N–H and O–H groups in total. The van der Waals surface area contributed by atoms with Crippen molar-refractivity contribution in [1.82, 2.24) is 4.68 Å². The summed E-state index contributed by atoms with van der Waals surface area (Å²) in [6.45, 7) is 0.0574. The van der Waals surface area contributed by atoms with Gasteiger partial charge in [-0.3, -0.25) is 14.5 Å². The quantitative estimate of drug-likeness (QED) is 0.360. The smallest absolute Gasteiger partial charge is 0.477 e. The number of aromatic carboxylic acids is 1. The summed E-state index contributed by atoms with van der Waals surface area (Å²) < 4.78 is 98.2. The molecule has 3 heterocycles. The van der Waals surface area contributed by atoms with Gasteiger partial charge >= 0.3 is 28.2 Å². The maximum atomic E-state index is 13.2. The molecule has 2 aliphatic heterocycles. The second kappa shape index (κ2) is 7.91. The lowest BCUT2D eigenvalue weighted by molar-refractivity contribution is -0.165. The average Bonchev–Trinajstić information content (AvgIpc) is 2.96. The van der Waals surface area contributed by atoms with Crippen LogP contribution in [-0.4, -0.2) is 47.9 Å². The molecule has 0 radical (unpaired) electrons. The molecule has 0 amide bonds. The number of benzene rings is 1. The minimum atomic E-state index is -6.02. The van der Waals surface area contributed by atoms with Crippen LogP contribution < -0.4 is 14.6 Å². The molecule has 1 fully saturated rings. The van der Waals surface area contributed by atoms with E-state index in [0.29, 0.717) is 0 Å². The summed E-state index contributed by atoms with van der Waals surface area (Å²) in [5.74, 6) is -2.26. The number of fused-ring (bicyclic) bond motifs is 6. The topological polar surface area (TPSA) is 115 Å². The third-order valence-corrected chi connectivity index (χ3v) is 6.79. The molecule has 0 bridgehead atoms. The number of rotatable bonds is 5. The monoisotopic (exact) mass is 524 g/mol. The molecule has 35 heavy (non-hydrogen) atoms. The van der Waals surface area contributed by atoms with Gasteiger partial charge < -0.3 is 14.0 Å². The summed E-state index contributed by atoms with van der Waals surface area (Å²) in [6.07, 6.45) is -0.235. The predicted octanol–water partition coefficient (Wildman–Crippen LogP) is 3.22. The molecule has 0 aliphatic carbocycles. The van der Waals surface area contributed by atoms with E-state index in [1.54, 1.807) is 13.8 Å². The zero-order valence-corrected chi connectivity index (χ0v) is 18.7. The normalized spacial score (nSPS) is 20.9. The summed E-state index contributed by atoms with van der Waals surface area (Å²) in [7, 11) is -6.02. The number of aromatic nitrogens is 1. The Kier molecular flexibility index (Phi) is 5.63. The van der Waals surface area contributed by atoms with Crippen LogP contribution in [0.3, 0.4) is 0 Å². The molecule has 2 aliphatic rings. The van der Waals surface area contributed by atoms with Crippen LogP contribution in [0.2, 0.25) is 0 Å². The molecule has 9 nitrogen and oxygen atoms in total. The first kappa shape index (κ1) is 24.9. The van der Waals surface area contributed by atoms with Gasteiger partial charge in [0, 0.05) is 24.2 Å². The molecule has 0 saturated carbocycles. The summed E-state index contributed by atoms with van der Waals surface area (Å²) in [5, 5.41) is 10.9. The molecule has 1 aromatic carbocycles. The molecule has 2 unspecified atom stereocenters. The van der Waals surface area contributed by atoms with Gasteiger partial charge in [0.25, 0.3) is 0 Å². The summed E-state index contributed by atoms with van der Waals surface area (Å²) in [5.41, 5.74) is -7.82. The minimum Gasteiger partial charge on any atom is -0.477 e. The molecule has 0 spiro atoms. The molecule has 1 aromatic heterocycles. The van der Waals surface area contributed by atoms with Crippen molar-refractivity contribution in [2.24, 2.45) is 0 Å². The van der Waals surface area contributed by atoms with Gasteiger partial charge in [-0.15, -0.1) is 0 Å². The number of hydrogen-bond acceptors (Lipinski definition) is 7. The zero-order valence-electron chi connectivity index (χ0n) is 17.9. The fourth-order valence-electron chi connectivity index (χ4n) is 4.55. The number of ether oxygens (including phenoxy) is 1. The van der Waals surface area contributed by atoms with Crippen LogP contribution in [-0.2, 0) is 14.9 Å². The van der Waals surface area contributed by atoms with E-state index in [1.165, 1.54) is 9.69 Å². The third-order valence-electron chi connectivity index (χ3n) is 5.82. The van der Waals surface area contributed by atoms with Crippen molar-refractivity contribution >= 4 is 16.1 Å². The Balaban J connectivity index is 1.96. The molecular weight excluding hydrogens is 507 g/mol. The first-order valence-corrected chi connectivity index (χ1v) is 11.3. The van der Waals surface area contributed by atoms with Crippen molar-refractivity contribution in [1.29, 1.82) is 0 Å². The maximum absolute atomic E-state index is 13.2. The number of nitrogens with zero attached hydrogens (tertiary/aromatic N) is 2. The van der Waals surface area contributed by atoms with E-state index in [2.05, 4.69) is 4.18 Å². The van der Waals surface area contributed by atoms with E-state index < -0.39 is 62.6 Å². The van der Waals surface area contributed by atoms with E-state index in [-0.39, 0.29) is 23.2 Å². The highest BCUT2D eigenvalue weighted by Gasteiger charge is 2.53. The lowest BCUT2D eigenvalue weighted by Crippen LogP contribution is -2.51. The second-order valence-corrected chi connectivity index (χ2v) is 10.1.